The Kier molecular flexibility index (Phi) is 7.54. The average molecular weight is 429 g/mol. The van der Waals surface area contributed by atoms with Crippen molar-refractivity contribution in [1.29, 1.82) is 0 Å². The van der Waals surface area contributed by atoms with Crippen molar-refractivity contribution in [3.63, 3.8) is 0 Å². The van der Waals surface area contributed by atoms with Gasteiger partial charge in [0.25, 0.3) is 15.9 Å². The van der Waals surface area contributed by atoms with Crippen LogP contribution in [0.1, 0.15) is 17.3 Å². The topological polar surface area (TPSA) is 109 Å². The quantitative estimate of drug-likeness (QED) is 0.393. The van der Waals surface area contributed by atoms with Crippen LogP contribution in [0.25, 0.3) is 0 Å². The highest BCUT2D eigenvalue weighted by molar-refractivity contribution is 7.94. The minimum absolute atomic E-state index is 0.0446. The van der Waals surface area contributed by atoms with Crippen molar-refractivity contribution in [3.05, 3.63) is 47.3 Å². The first kappa shape index (κ1) is 21.1. The number of hydrazine groups is 1. The molecule has 0 radical (unpaired) electrons. The predicted octanol–water partition coefficient (Wildman–Crippen LogP) is 1.69. The predicted molar refractivity (Wildman–Crippen MR) is 109 cm³/mol. The second-order valence-electron chi connectivity index (χ2n) is 5.49. The van der Waals surface area contributed by atoms with E-state index in [0.29, 0.717) is 6.61 Å². The maximum Gasteiger partial charge on any atom is 0.271 e. The van der Waals surface area contributed by atoms with E-state index in [1.54, 1.807) is 30.7 Å². The number of hydrogen-bond acceptors (Lipinski definition) is 6. The molecule has 1 heterocycles. The van der Waals surface area contributed by atoms with Crippen LogP contribution in [-0.2, 0) is 14.8 Å². The van der Waals surface area contributed by atoms with Crippen LogP contribution in [0.4, 0.5) is 5.69 Å². The highest BCUT2D eigenvalue weighted by Gasteiger charge is 2.19. The second-order valence-corrected chi connectivity index (χ2v) is 8.76. The van der Waals surface area contributed by atoms with Crippen molar-refractivity contribution in [3.8, 4) is 0 Å². The van der Waals surface area contributed by atoms with E-state index < -0.39 is 15.9 Å². The van der Waals surface area contributed by atoms with Crippen molar-refractivity contribution in [1.82, 2.24) is 16.2 Å². The SMILES string of the molecule is COCC(C)NC(=S)NNC(=O)c1ccccc1NS(=O)(=O)c1cccs1. The van der Waals surface area contributed by atoms with Crippen molar-refractivity contribution in [2.24, 2.45) is 0 Å². The van der Waals surface area contributed by atoms with Gasteiger partial charge in [0.15, 0.2) is 5.11 Å². The van der Waals surface area contributed by atoms with Gasteiger partial charge in [-0.25, -0.2) is 8.42 Å². The van der Waals surface area contributed by atoms with Gasteiger partial charge in [-0.15, -0.1) is 11.3 Å². The maximum absolute atomic E-state index is 12.4. The van der Waals surface area contributed by atoms with Gasteiger partial charge in [0.1, 0.15) is 4.21 Å². The number of thiophene rings is 1. The summed E-state index contributed by atoms with van der Waals surface area (Å²) in [5.41, 5.74) is 5.33. The second kappa shape index (κ2) is 9.65. The fourth-order valence-electron chi connectivity index (χ4n) is 2.11. The van der Waals surface area contributed by atoms with Crippen molar-refractivity contribution in [2.75, 3.05) is 18.4 Å². The number of carbonyl (C=O) groups excluding carboxylic acids is 1. The molecule has 2 aromatic rings. The van der Waals surface area contributed by atoms with Crippen molar-refractivity contribution in [2.45, 2.75) is 17.2 Å². The van der Waals surface area contributed by atoms with E-state index in [0.717, 1.165) is 11.3 Å². The van der Waals surface area contributed by atoms with Crippen LogP contribution in [0.2, 0.25) is 0 Å². The molecule has 146 valence electrons. The Hall–Kier alpha value is -2.21. The molecular weight excluding hydrogens is 408 g/mol. The molecule has 1 aromatic heterocycles. The van der Waals surface area contributed by atoms with Crippen LogP contribution in [0.15, 0.2) is 46.0 Å². The number of methoxy groups -OCH3 is 1. The Labute approximate surface area is 167 Å². The van der Waals surface area contributed by atoms with Crippen molar-refractivity contribution < 1.29 is 17.9 Å². The fraction of sp³-hybridized carbons (Fsp3) is 0.250. The summed E-state index contributed by atoms with van der Waals surface area (Å²) >= 11 is 6.17. The number of sulfonamides is 1. The first-order chi connectivity index (χ1) is 12.8. The first-order valence-corrected chi connectivity index (χ1v) is 10.6. The number of amides is 1. The lowest BCUT2D eigenvalue weighted by Crippen LogP contribution is -2.50. The van der Waals surface area contributed by atoms with E-state index >= 15 is 0 Å². The van der Waals surface area contributed by atoms with E-state index in [2.05, 4.69) is 20.9 Å². The zero-order chi connectivity index (χ0) is 19.9. The van der Waals surface area contributed by atoms with Gasteiger partial charge < -0.3 is 10.1 Å². The number of thiocarbonyl (C=S) groups is 1. The zero-order valence-corrected chi connectivity index (χ0v) is 17.1. The van der Waals surface area contributed by atoms with E-state index in [1.807, 2.05) is 6.92 Å². The molecule has 0 aliphatic heterocycles. The lowest BCUT2D eigenvalue weighted by atomic mass is 10.2. The summed E-state index contributed by atoms with van der Waals surface area (Å²) in [6.45, 7) is 2.32. The maximum atomic E-state index is 12.4. The number of nitrogens with one attached hydrogen (secondary N) is 4. The molecule has 0 saturated carbocycles. The molecule has 27 heavy (non-hydrogen) atoms. The standard InChI is InChI=1S/C16H20N4O4S3/c1-11(10-24-2)17-16(25)19-18-15(21)12-6-3-4-7-13(12)20-27(22,23)14-8-5-9-26-14/h3-9,11,20H,10H2,1-2H3,(H,18,21)(H2,17,19,25). The third kappa shape index (κ3) is 6.17. The van der Waals surface area contributed by atoms with Crippen LogP contribution >= 0.6 is 23.6 Å². The normalized spacial score (nSPS) is 12.1. The van der Waals surface area contributed by atoms with Crippen LogP contribution in [-0.4, -0.2) is 39.2 Å². The summed E-state index contributed by atoms with van der Waals surface area (Å²) < 4.78 is 32.4. The number of rotatable bonds is 7. The average Bonchev–Trinajstić information content (AvgIpc) is 3.15. The molecule has 8 nitrogen and oxygen atoms in total. The molecule has 4 N–H and O–H groups in total. The number of benzene rings is 1. The van der Waals surface area contributed by atoms with Crippen LogP contribution in [0.5, 0.6) is 0 Å². The number of ether oxygens (including phenoxy) is 1. The molecule has 1 aromatic carbocycles. The smallest absolute Gasteiger partial charge is 0.271 e. The largest absolute Gasteiger partial charge is 0.383 e. The third-order valence-corrected chi connectivity index (χ3v) is 6.24. The van der Waals surface area contributed by atoms with Gasteiger partial charge in [0.2, 0.25) is 0 Å². The summed E-state index contributed by atoms with van der Waals surface area (Å²) in [6, 6.07) is 9.37. The highest BCUT2D eigenvalue weighted by atomic mass is 32.2. The van der Waals surface area contributed by atoms with Crippen LogP contribution in [0.3, 0.4) is 0 Å². The molecule has 0 bridgehead atoms. The first-order valence-electron chi connectivity index (χ1n) is 7.84. The summed E-state index contributed by atoms with van der Waals surface area (Å²) in [5.74, 6) is -0.539. The molecule has 11 heteroatoms. The molecule has 1 unspecified atom stereocenters. The van der Waals surface area contributed by atoms with Crippen LogP contribution in [0, 0.1) is 0 Å². The van der Waals surface area contributed by atoms with Crippen LogP contribution < -0.4 is 20.9 Å². The number of anilines is 1. The molecular formula is C16H20N4O4S3. The van der Waals surface area contributed by atoms with E-state index in [-0.39, 0.29) is 26.6 Å². The van der Waals surface area contributed by atoms with Gasteiger partial charge in [0.05, 0.1) is 17.9 Å². The van der Waals surface area contributed by atoms with Gasteiger partial charge in [-0.05, 0) is 42.7 Å². The van der Waals surface area contributed by atoms with E-state index in [9.17, 15) is 13.2 Å². The summed E-state index contributed by atoms with van der Waals surface area (Å²) in [6.07, 6.45) is 0. The zero-order valence-electron chi connectivity index (χ0n) is 14.7. The third-order valence-electron chi connectivity index (χ3n) is 3.26. The Bertz CT molecular complexity index is 885. The highest BCUT2D eigenvalue weighted by Crippen LogP contribution is 2.22. The number of para-hydroxylation sites is 1. The Balaban J connectivity index is 2.04. The Morgan fingerprint density at radius 3 is 2.63 bits per heavy atom. The molecule has 2 rings (SSSR count). The molecule has 0 aliphatic rings. The Morgan fingerprint density at radius 2 is 1.96 bits per heavy atom. The van der Waals surface area contributed by atoms with Gasteiger partial charge in [-0.1, -0.05) is 18.2 Å². The van der Waals surface area contributed by atoms with Gasteiger partial charge in [0, 0.05) is 13.2 Å². The molecule has 0 saturated heterocycles. The minimum Gasteiger partial charge on any atom is -0.383 e. The molecule has 0 aliphatic carbocycles. The minimum atomic E-state index is -3.76. The molecule has 1 atom stereocenters. The summed E-state index contributed by atoms with van der Waals surface area (Å²) in [4.78, 5) is 12.4. The molecule has 0 spiro atoms. The monoisotopic (exact) mass is 428 g/mol. The summed E-state index contributed by atoms with van der Waals surface area (Å²) in [5, 5.41) is 4.80. The number of hydrogen-bond donors (Lipinski definition) is 4. The molecule has 0 fully saturated rings. The lowest BCUT2D eigenvalue weighted by Gasteiger charge is -2.17. The van der Waals surface area contributed by atoms with Gasteiger partial charge in [-0.2, -0.15) is 0 Å². The number of carbonyl (C=O) groups is 1. The van der Waals surface area contributed by atoms with Gasteiger partial charge >= 0.3 is 0 Å². The molecule has 1 amide bonds. The van der Waals surface area contributed by atoms with E-state index in [1.165, 1.54) is 18.2 Å². The fourth-order valence-corrected chi connectivity index (χ4v) is 4.44. The van der Waals surface area contributed by atoms with Crippen molar-refractivity contribution >= 4 is 50.3 Å². The lowest BCUT2D eigenvalue weighted by molar-refractivity contribution is 0.0944. The van der Waals surface area contributed by atoms with Gasteiger partial charge in [-0.3, -0.25) is 20.4 Å². The Morgan fingerprint density at radius 1 is 1.22 bits per heavy atom. The van der Waals surface area contributed by atoms with E-state index in [4.69, 9.17) is 17.0 Å². The summed E-state index contributed by atoms with van der Waals surface area (Å²) in [7, 11) is -2.19.